The topological polar surface area (TPSA) is 75.0 Å². The van der Waals surface area contributed by atoms with Gasteiger partial charge in [-0.2, -0.15) is 15.2 Å². The van der Waals surface area contributed by atoms with Gasteiger partial charge in [-0.3, -0.25) is 0 Å². The van der Waals surface area contributed by atoms with E-state index in [1.54, 1.807) is 6.07 Å². The molecule has 178 valence electrons. The molecule has 10 heteroatoms. The van der Waals surface area contributed by atoms with Crippen LogP contribution >= 0.6 is 0 Å². The van der Waals surface area contributed by atoms with Gasteiger partial charge in [0.05, 0.1) is 17.6 Å². The summed E-state index contributed by atoms with van der Waals surface area (Å²) in [5, 5.41) is 16.6. The normalized spacial score (nSPS) is 24.1. The third-order valence-electron chi connectivity index (χ3n) is 7.37. The molecule has 2 aromatic heterocycles. The van der Waals surface area contributed by atoms with Crippen molar-refractivity contribution in [1.82, 2.24) is 25.0 Å². The summed E-state index contributed by atoms with van der Waals surface area (Å²) in [5.74, 6) is 0.585. The Labute approximate surface area is 197 Å². The summed E-state index contributed by atoms with van der Waals surface area (Å²) < 4.78 is 29.3. The van der Waals surface area contributed by atoms with Crippen molar-refractivity contribution in [3.05, 3.63) is 47.8 Å². The van der Waals surface area contributed by atoms with Crippen LogP contribution in [0.3, 0.4) is 0 Å². The first-order chi connectivity index (χ1) is 16.5. The highest BCUT2D eigenvalue weighted by Crippen LogP contribution is 2.40. The average Bonchev–Trinajstić information content (AvgIpc) is 3.23. The van der Waals surface area contributed by atoms with E-state index < -0.39 is 11.6 Å². The standard InChI is InChI=1S/C24H28F2N8/c1-15-10-19(12-27-30-15)32-13-16-4-5-17(14-32)22(16)28-23-29-24-33(8-2-3-9-34(24)31-23)18-6-7-20(25)21(26)11-18/h6-7,10-12,16-17,22H,2-5,8-9,13-14H2,1H3,(H,28,31)/t16-,17+,22-. The van der Waals surface area contributed by atoms with Crippen molar-refractivity contribution in [3.8, 4) is 0 Å². The van der Waals surface area contributed by atoms with E-state index in [0.29, 0.717) is 42.0 Å². The maximum Gasteiger partial charge on any atom is 0.244 e. The molecule has 8 nitrogen and oxygen atoms in total. The number of fused-ring (bicyclic) bond motifs is 3. The monoisotopic (exact) mass is 466 g/mol. The maximum absolute atomic E-state index is 13.9. The first kappa shape index (κ1) is 21.2. The molecule has 1 saturated carbocycles. The summed E-state index contributed by atoms with van der Waals surface area (Å²) >= 11 is 0. The van der Waals surface area contributed by atoms with Gasteiger partial charge in [-0.05, 0) is 62.6 Å². The molecule has 0 amide bonds. The summed E-state index contributed by atoms with van der Waals surface area (Å²) in [5.41, 5.74) is 2.66. The van der Waals surface area contributed by atoms with Gasteiger partial charge >= 0.3 is 0 Å². The predicted octanol–water partition coefficient (Wildman–Crippen LogP) is 3.91. The fourth-order valence-corrected chi connectivity index (χ4v) is 5.72. The number of hydrogen-bond acceptors (Lipinski definition) is 7. The van der Waals surface area contributed by atoms with Gasteiger partial charge in [0.2, 0.25) is 11.9 Å². The minimum atomic E-state index is -0.853. The van der Waals surface area contributed by atoms with Gasteiger partial charge in [0, 0.05) is 44.0 Å². The summed E-state index contributed by atoms with van der Waals surface area (Å²) in [6, 6.07) is 6.41. The minimum Gasteiger partial charge on any atom is -0.369 e. The second kappa shape index (κ2) is 8.48. The Kier molecular flexibility index (Phi) is 5.30. The van der Waals surface area contributed by atoms with Crippen molar-refractivity contribution in [3.63, 3.8) is 0 Å². The summed E-state index contributed by atoms with van der Waals surface area (Å²) in [6.45, 7) is 5.34. The van der Waals surface area contributed by atoms with Crippen molar-refractivity contribution >= 4 is 23.3 Å². The zero-order valence-electron chi connectivity index (χ0n) is 19.2. The van der Waals surface area contributed by atoms with Crippen LogP contribution in [0.1, 0.15) is 31.4 Å². The zero-order valence-corrected chi connectivity index (χ0v) is 19.2. The number of aromatic nitrogens is 5. The molecule has 4 heterocycles. The molecule has 1 aromatic carbocycles. The van der Waals surface area contributed by atoms with Crippen LogP contribution in [0.4, 0.5) is 32.1 Å². The number of nitrogens with zero attached hydrogens (tertiary/aromatic N) is 7. The molecular formula is C24H28F2N8. The molecule has 6 rings (SSSR count). The Morgan fingerprint density at radius 1 is 0.971 bits per heavy atom. The van der Waals surface area contributed by atoms with Crippen LogP contribution in [0.15, 0.2) is 30.5 Å². The van der Waals surface area contributed by atoms with Crippen molar-refractivity contribution in [2.75, 3.05) is 34.8 Å². The fraction of sp³-hybridized carbons (Fsp3) is 0.500. The van der Waals surface area contributed by atoms with Gasteiger partial charge in [-0.25, -0.2) is 13.5 Å². The van der Waals surface area contributed by atoms with E-state index in [2.05, 4.69) is 26.5 Å². The second-order valence-electron chi connectivity index (χ2n) is 9.64. The number of benzene rings is 1. The van der Waals surface area contributed by atoms with Gasteiger partial charge in [-0.15, -0.1) is 5.10 Å². The van der Waals surface area contributed by atoms with Crippen LogP contribution in [0.5, 0.6) is 0 Å². The van der Waals surface area contributed by atoms with Crippen molar-refractivity contribution in [2.45, 2.75) is 45.2 Å². The van der Waals surface area contributed by atoms with Crippen molar-refractivity contribution in [1.29, 1.82) is 0 Å². The van der Waals surface area contributed by atoms with Crippen LogP contribution in [0.25, 0.3) is 0 Å². The highest BCUT2D eigenvalue weighted by atomic mass is 19.2. The molecule has 0 unspecified atom stereocenters. The van der Waals surface area contributed by atoms with E-state index in [4.69, 9.17) is 10.1 Å². The van der Waals surface area contributed by atoms with Gasteiger partial charge in [0.15, 0.2) is 11.6 Å². The number of nitrogens with one attached hydrogen (secondary N) is 1. The Morgan fingerprint density at radius 3 is 2.53 bits per heavy atom. The molecule has 0 radical (unpaired) electrons. The summed E-state index contributed by atoms with van der Waals surface area (Å²) in [7, 11) is 0. The first-order valence-electron chi connectivity index (χ1n) is 12.0. The SMILES string of the molecule is Cc1cc(N2C[C@H]3CC[C@@H](C2)[C@@H]3Nc2nc3n(n2)CCCCN3c2ccc(F)c(F)c2)cnn1. The van der Waals surface area contributed by atoms with Crippen molar-refractivity contribution < 1.29 is 8.78 Å². The number of rotatable bonds is 4. The quantitative estimate of drug-likeness (QED) is 0.625. The van der Waals surface area contributed by atoms with Gasteiger partial charge in [0.25, 0.3) is 0 Å². The van der Waals surface area contributed by atoms with E-state index in [9.17, 15) is 8.78 Å². The minimum absolute atomic E-state index is 0.315. The highest BCUT2D eigenvalue weighted by molar-refractivity contribution is 5.59. The van der Waals surface area contributed by atoms with Crippen LogP contribution < -0.4 is 15.1 Å². The van der Waals surface area contributed by atoms with Crippen LogP contribution in [-0.2, 0) is 6.54 Å². The number of piperidine rings is 1. The number of anilines is 4. The number of hydrogen-bond donors (Lipinski definition) is 1. The molecular weight excluding hydrogens is 438 g/mol. The van der Waals surface area contributed by atoms with E-state index in [1.807, 2.05) is 22.7 Å². The van der Waals surface area contributed by atoms with Gasteiger partial charge in [0.1, 0.15) is 0 Å². The molecule has 1 aliphatic carbocycles. The fourth-order valence-electron chi connectivity index (χ4n) is 5.72. The van der Waals surface area contributed by atoms with Crippen molar-refractivity contribution in [2.24, 2.45) is 11.8 Å². The Balaban J connectivity index is 1.22. The molecule has 34 heavy (non-hydrogen) atoms. The summed E-state index contributed by atoms with van der Waals surface area (Å²) in [6.07, 6.45) is 6.08. The number of aryl methyl sites for hydroxylation is 2. The molecule has 2 aliphatic heterocycles. The molecule has 1 N–H and O–H groups in total. The third kappa shape index (κ3) is 3.84. The number of halogens is 2. The second-order valence-corrected chi connectivity index (χ2v) is 9.64. The zero-order chi connectivity index (χ0) is 23.2. The average molecular weight is 467 g/mol. The molecule has 2 bridgehead atoms. The van der Waals surface area contributed by atoms with Gasteiger partial charge in [-0.1, -0.05) is 0 Å². The maximum atomic E-state index is 13.9. The van der Waals surface area contributed by atoms with Crippen LogP contribution in [0, 0.1) is 30.4 Å². The molecule has 1 saturated heterocycles. The molecule has 3 aromatic rings. The Morgan fingerprint density at radius 2 is 1.76 bits per heavy atom. The predicted molar refractivity (Wildman–Crippen MR) is 125 cm³/mol. The lowest BCUT2D eigenvalue weighted by atomic mass is 9.92. The largest absolute Gasteiger partial charge is 0.369 e. The van der Waals surface area contributed by atoms with E-state index in [-0.39, 0.29) is 0 Å². The Hall–Kier alpha value is -3.30. The lowest BCUT2D eigenvalue weighted by Crippen LogP contribution is -2.48. The third-order valence-corrected chi connectivity index (χ3v) is 7.37. The van der Waals surface area contributed by atoms with E-state index in [1.165, 1.54) is 25.0 Å². The summed E-state index contributed by atoms with van der Waals surface area (Å²) in [4.78, 5) is 9.17. The molecule has 3 aliphatic rings. The van der Waals surface area contributed by atoms with E-state index in [0.717, 1.165) is 43.9 Å². The smallest absolute Gasteiger partial charge is 0.244 e. The Bertz CT molecular complexity index is 1180. The lowest BCUT2D eigenvalue weighted by molar-refractivity contribution is 0.376. The van der Waals surface area contributed by atoms with Gasteiger partial charge < -0.3 is 15.1 Å². The molecule has 0 spiro atoms. The first-order valence-corrected chi connectivity index (χ1v) is 12.0. The molecule has 3 atom stereocenters. The van der Waals surface area contributed by atoms with Crippen LogP contribution in [0.2, 0.25) is 0 Å². The van der Waals surface area contributed by atoms with E-state index >= 15 is 0 Å². The van der Waals surface area contributed by atoms with Crippen LogP contribution in [-0.4, -0.2) is 50.6 Å². The highest BCUT2D eigenvalue weighted by Gasteiger charge is 2.43. The lowest BCUT2D eigenvalue weighted by Gasteiger charge is -2.39. The molecule has 2 fully saturated rings.